The molecule has 7 nitrogen and oxygen atoms in total. The van der Waals surface area contributed by atoms with Crippen LogP contribution in [0.3, 0.4) is 0 Å². The molecule has 1 amide bonds. The summed E-state index contributed by atoms with van der Waals surface area (Å²) in [6.07, 6.45) is 4.70. The van der Waals surface area contributed by atoms with E-state index in [4.69, 9.17) is 9.26 Å². The third-order valence-electron chi connectivity index (χ3n) is 4.68. The fraction of sp³-hybridized carbons (Fsp3) is 0.824. The lowest BCUT2D eigenvalue weighted by atomic mass is 9.97. The van der Waals surface area contributed by atoms with E-state index in [-0.39, 0.29) is 6.09 Å². The quantitative estimate of drug-likeness (QED) is 0.909. The first-order valence-electron chi connectivity index (χ1n) is 8.86. The summed E-state index contributed by atoms with van der Waals surface area (Å²) in [6.45, 7) is 8.39. The van der Waals surface area contributed by atoms with Crippen molar-refractivity contribution in [3.8, 4) is 0 Å². The van der Waals surface area contributed by atoms with E-state index < -0.39 is 5.60 Å². The second-order valence-electron chi connectivity index (χ2n) is 7.88. The Hall–Kier alpha value is -1.63. The van der Waals surface area contributed by atoms with E-state index in [0.29, 0.717) is 29.8 Å². The van der Waals surface area contributed by atoms with Crippen molar-refractivity contribution in [2.45, 2.75) is 83.5 Å². The third-order valence-corrected chi connectivity index (χ3v) is 4.68. The fourth-order valence-electron chi connectivity index (χ4n) is 3.78. The van der Waals surface area contributed by atoms with Gasteiger partial charge in [-0.3, -0.25) is 0 Å². The largest absolute Gasteiger partial charge is 0.444 e. The van der Waals surface area contributed by atoms with Crippen LogP contribution in [0.1, 0.15) is 58.2 Å². The smallest absolute Gasteiger partial charge is 0.410 e. The van der Waals surface area contributed by atoms with Crippen molar-refractivity contribution in [1.82, 2.24) is 20.4 Å². The highest BCUT2D eigenvalue weighted by atomic mass is 16.6. The molecule has 1 aromatic heterocycles. The molecule has 3 rings (SSSR count). The van der Waals surface area contributed by atoms with Crippen LogP contribution in [0.5, 0.6) is 0 Å². The van der Waals surface area contributed by atoms with E-state index >= 15 is 0 Å². The summed E-state index contributed by atoms with van der Waals surface area (Å²) in [5.41, 5.74) is -0.437. The molecule has 134 valence electrons. The number of aryl methyl sites for hydroxylation is 1. The van der Waals surface area contributed by atoms with Crippen LogP contribution in [0, 0.1) is 6.92 Å². The molecule has 0 saturated carbocycles. The summed E-state index contributed by atoms with van der Waals surface area (Å²) >= 11 is 0. The topological polar surface area (TPSA) is 80.5 Å². The predicted octanol–water partition coefficient (Wildman–Crippen LogP) is 2.44. The number of carbonyl (C=O) groups is 1. The highest BCUT2D eigenvalue weighted by molar-refractivity contribution is 5.69. The molecule has 0 aromatic carbocycles. The molecule has 2 aliphatic heterocycles. The van der Waals surface area contributed by atoms with Gasteiger partial charge < -0.3 is 19.5 Å². The Labute approximate surface area is 143 Å². The first-order valence-corrected chi connectivity index (χ1v) is 8.86. The zero-order chi connectivity index (χ0) is 17.3. The third kappa shape index (κ3) is 4.06. The predicted molar refractivity (Wildman–Crippen MR) is 88.6 cm³/mol. The molecule has 2 bridgehead atoms. The summed E-state index contributed by atoms with van der Waals surface area (Å²) in [7, 11) is 0. The Bertz CT molecular complexity index is 567. The van der Waals surface area contributed by atoms with Crippen LogP contribution < -0.4 is 5.32 Å². The second kappa shape index (κ2) is 6.70. The Morgan fingerprint density at radius 3 is 2.54 bits per heavy atom. The average Bonchev–Trinajstić information content (AvgIpc) is 2.99. The lowest BCUT2D eigenvalue weighted by Gasteiger charge is -2.39. The number of hydrogen-bond acceptors (Lipinski definition) is 6. The molecule has 1 unspecified atom stereocenters. The van der Waals surface area contributed by atoms with E-state index in [1.807, 2.05) is 32.6 Å². The number of rotatable bonds is 4. The molecular weight excluding hydrogens is 308 g/mol. The molecule has 0 spiro atoms. The monoisotopic (exact) mass is 336 g/mol. The summed E-state index contributed by atoms with van der Waals surface area (Å²) < 4.78 is 10.7. The van der Waals surface area contributed by atoms with Gasteiger partial charge in [-0.15, -0.1) is 0 Å². The molecule has 0 radical (unpaired) electrons. The van der Waals surface area contributed by atoms with Crippen molar-refractivity contribution in [2.24, 2.45) is 0 Å². The van der Waals surface area contributed by atoms with Gasteiger partial charge in [0.15, 0.2) is 5.82 Å². The van der Waals surface area contributed by atoms with Gasteiger partial charge in [-0.1, -0.05) is 5.16 Å². The number of nitrogens with one attached hydrogen (secondary N) is 1. The molecule has 1 N–H and O–H groups in total. The van der Waals surface area contributed by atoms with Gasteiger partial charge in [0.2, 0.25) is 5.89 Å². The van der Waals surface area contributed by atoms with Crippen LogP contribution in [0.25, 0.3) is 0 Å². The van der Waals surface area contributed by atoms with Crippen LogP contribution in [0.2, 0.25) is 0 Å². The number of piperidine rings is 1. The minimum atomic E-state index is -0.437. The summed E-state index contributed by atoms with van der Waals surface area (Å²) in [5.74, 6) is 1.35. The molecule has 0 aliphatic carbocycles. The van der Waals surface area contributed by atoms with Crippen LogP contribution in [0.15, 0.2) is 4.52 Å². The maximum atomic E-state index is 12.4. The zero-order valence-electron chi connectivity index (χ0n) is 15.0. The van der Waals surface area contributed by atoms with Crippen molar-refractivity contribution in [2.75, 3.05) is 6.54 Å². The number of ether oxygens (including phenoxy) is 1. The first-order chi connectivity index (χ1) is 11.3. The van der Waals surface area contributed by atoms with Crippen LogP contribution in [0.4, 0.5) is 4.79 Å². The van der Waals surface area contributed by atoms with Gasteiger partial charge in [-0.2, -0.15) is 4.98 Å². The van der Waals surface area contributed by atoms with Gasteiger partial charge in [0.1, 0.15) is 5.60 Å². The molecule has 3 heterocycles. The highest BCUT2D eigenvalue weighted by Crippen LogP contribution is 2.36. The van der Waals surface area contributed by atoms with Crippen molar-refractivity contribution < 1.29 is 14.1 Å². The molecule has 2 saturated heterocycles. The highest BCUT2D eigenvalue weighted by Gasteiger charge is 2.44. The number of fused-ring (bicyclic) bond motifs is 2. The van der Waals surface area contributed by atoms with E-state index in [1.54, 1.807) is 0 Å². The Balaban J connectivity index is 1.49. The van der Waals surface area contributed by atoms with Gasteiger partial charge in [0, 0.05) is 31.1 Å². The average molecular weight is 336 g/mol. The van der Waals surface area contributed by atoms with Gasteiger partial charge >= 0.3 is 6.09 Å². The molecule has 7 heteroatoms. The minimum Gasteiger partial charge on any atom is -0.444 e. The lowest BCUT2D eigenvalue weighted by Crippen LogP contribution is -2.52. The summed E-state index contributed by atoms with van der Waals surface area (Å²) in [6, 6.07) is 1.02. The van der Waals surface area contributed by atoms with Gasteiger partial charge in [-0.25, -0.2) is 4.79 Å². The minimum absolute atomic E-state index is 0.158. The van der Waals surface area contributed by atoms with Gasteiger partial charge in [0.05, 0.1) is 0 Å². The van der Waals surface area contributed by atoms with E-state index in [1.165, 1.54) is 0 Å². The lowest BCUT2D eigenvalue weighted by molar-refractivity contribution is 0.00476. The first kappa shape index (κ1) is 17.2. The van der Waals surface area contributed by atoms with Gasteiger partial charge in [0.25, 0.3) is 0 Å². The number of nitrogens with zero attached hydrogens (tertiary/aromatic N) is 3. The van der Waals surface area contributed by atoms with Crippen molar-refractivity contribution in [3.05, 3.63) is 11.7 Å². The normalized spacial score (nSPS) is 26.7. The van der Waals surface area contributed by atoms with Crippen molar-refractivity contribution in [3.63, 3.8) is 0 Å². The number of carbonyl (C=O) groups excluding carboxylic acids is 1. The number of aromatic nitrogens is 2. The second-order valence-corrected chi connectivity index (χ2v) is 7.88. The Morgan fingerprint density at radius 2 is 2.00 bits per heavy atom. The van der Waals surface area contributed by atoms with Gasteiger partial charge in [-0.05, 0) is 53.4 Å². The van der Waals surface area contributed by atoms with E-state index in [9.17, 15) is 4.79 Å². The summed E-state index contributed by atoms with van der Waals surface area (Å²) in [5, 5.41) is 7.38. The van der Waals surface area contributed by atoms with Crippen LogP contribution >= 0.6 is 0 Å². The van der Waals surface area contributed by atoms with E-state index in [2.05, 4.69) is 15.5 Å². The molecular formula is C17H28N4O3. The van der Waals surface area contributed by atoms with Crippen LogP contribution in [-0.2, 0) is 11.2 Å². The van der Waals surface area contributed by atoms with Crippen molar-refractivity contribution >= 4 is 6.09 Å². The Kier molecular flexibility index (Phi) is 4.80. The number of hydrogen-bond donors (Lipinski definition) is 1. The maximum Gasteiger partial charge on any atom is 0.410 e. The van der Waals surface area contributed by atoms with Crippen LogP contribution in [-0.4, -0.2) is 51.4 Å². The van der Waals surface area contributed by atoms with E-state index in [0.717, 1.165) is 38.6 Å². The Morgan fingerprint density at radius 1 is 1.33 bits per heavy atom. The molecule has 3 atom stereocenters. The molecule has 2 aliphatic rings. The zero-order valence-corrected chi connectivity index (χ0v) is 15.0. The molecule has 1 aromatic rings. The fourth-order valence-corrected chi connectivity index (χ4v) is 3.78. The van der Waals surface area contributed by atoms with Crippen molar-refractivity contribution in [1.29, 1.82) is 0 Å². The number of amides is 1. The maximum absolute atomic E-state index is 12.4. The molecule has 24 heavy (non-hydrogen) atoms. The molecule has 2 fully saturated rings. The SMILES string of the molecule is Cc1noc(CCNC2C[C@H]3CC[C@@H](C2)N3C(=O)OC(C)(C)C)n1. The summed E-state index contributed by atoms with van der Waals surface area (Å²) in [4.78, 5) is 18.6. The standard InChI is InChI=1S/C17H28N4O3/c1-11-19-15(24-20-11)7-8-18-12-9-13-5-6-14(10-12)21(13)16(22)23-17(2,3)4/h12-14,18H,5-10H2,1-4H3/t12?,13-,14+.